The number of carbonyl (C=O) groups is 1. The Balaban J connectivity index is 3.35. The van der Waals surface area contributed by atoms with Gasteiger partial charge in [-0.15, -0.1) is 0 Å². The lowest BCUT2D eigenvalue weighted by molar-refractivity contribution is 0.110. The Morgan fingerprint density at radius 1 is 1.57 bits per heavy atom. The molecule has 14 heavy (non-hydrogen) atoms. The van der Waals surface area contributed by atoms with Gasteiger partial charge in [0, 0.05) is 18.3 Å². The van der Waals surface area contributed by atoms with E-state index in [2.05, 4.69) is 4.98 Å². The molecule has 1 aromatic rings. The fourth-order valence-corrected chi connectivity index (χ4v) is 1.06. The van der Waals surface area contributed by atoms with Gasteiger partial charge in [-0.25, -0.2) is 8.78 Å². The number of halogens is 2. The summed E-state index contributed by atoms with van der Waals surface area (Å²) in [5, 5.41) is 0. The van der Waals surface area contributed by atoms with Gasteiger partial charge in [-0.1, -0.05) is 0 Å². The predicted molar refractivity (Wildman–Crippen MR) is 46.9 cm³/mol. The first kappa shape index (κ1) is 10.5. The maximum Gasteiger partial charge on any atom is 0.281 e. The van der Waals surface area contributed by atoms with Gasteiger partial charge in [0.1, 0.15) is 5.69 Å². The summed E-state index contributed by atoms with van der Waals surface area (Å²) in [6.07, 6.45) is -1.39. The molecular formula is C8H9F2N3O. The standard InChI is InChI=1S/C8H9F2N3O/c9-8(10)7-5(3-14)6(12)4(1-11)2-13-7/h2-3,8H,1,11H2,(H2,12,13). The molecule has 4 N–H and O–H groups in total. The highest BCUT2D eigenvalue weighted by Crippen LogP contribution is 2.25. The monoisotopic (exact) mass is 201 g/mol. The van der Waals surface area contributed by atoms with Crippen molar-refractivity contribution in [2.75, 3.05) is 5.73 Å². The van der Waals surface area contributed by atoms with Crippen molar-refractivity contribution in [2.24, 2.45) is 5.73 Å². The Bertz CT molecular complexity index is 355. The van der Waals surface area contributed by atoms with E-state index in [0.717, 1.165) is 6.20 Å². The van der Waals surface area contributed by atoms with Crippen molar-refractivity contribution in [3.8, 4) is 0 Å². The van der Waals surface area contributed by atoms with Crippen LogP contribution in [-0.4, -0.2) is 11.3 Å². The molecule has 0 aliphatic heterocycles. The number of pyridine rings is 1. The van der Waals surface area contributed by atoms with Crippen LogP contribution in [0.2, 0.25) is 0 Å². The van der Waals surface area contributed by atoms with Crippen molar-refractivity contribution in [3.63, 3.8) is 0 Å². The van der Waals surface area contributed by atoms with E-state index in [1.807, 2.05) is 0 Å². The summed E-state index contributed by atoms with van der Waals surface area (Å²) in [4.78, 5) is 14.0. The van der Waals surface area contributed by atoms with Crippen LogP contribution in [0.5, 0.6) is 0 Å². The molecule has 0 unspecified atom stereocenters. The van der Waals surface area contributed by atoms with Crippen LogP contribution in [0, 0.1) is 0 Å². The van der Waals surface area contributed by atoms with Crippen molar-refractivity contribution in [1.29, 1.82) is 0 Å². The molecule has 0 amide bonds. The molecule has 1 heterocycles. The van der Waals surface area contributed by atoms with Crippen molar-refractivity contribution in [3.05, 3.63) is 23.0 Å². The van der Waals surface area contributed by atoms with Crippen molar-refractivity contribution in [2.45, 2.75) is 13.0 Å². The number of aromatic nitrogens is 1. The second-order valence-electron chi connectivity index (χ2n) is 2.62. The Morgan fingerprint density at radius 2 is 2.21 bits per heavy atom. The Kier molecular flexibility index (Phi) is 3.08. The molecule has 0 bridgehead atoms. The first-order chi connectivity index (χ1) is 6.61. The first-order valence-corrected chi connectivity index (χ1v) is 3.82. The van der Waals surface area contributed by atoms with E-state index in [0.29, 0.717) is 5.56 Å². The van der Waals surface area contributed by atoms with E-state index in [4.69, 9.17) is 11.5 Å². The molecule has 76 valence electrons. The topological polar surface area (TPSA) is 82.0 Å². The summed E-state index contributed by atoms with van der Waals surface area (Å²) in [7, 11) is 0. The third-order valence-corrected chi connectivity index (χ3v) is 1.82. The molecular weight excluding hydrogens is 192 g/mol. The maximum atomic E-state index is 12.3. The molecule has 0 saturated carbocycles. The highest BCUT2D eigenvalue weighted by molar-refractivity contribution is 5.85. The molecule has 0 atom stereocenters. The van der Waals surface area contributed by atoms with Gasteiger partial charge in [-0.3, -0.25) is 9.78 Å². The van der Waals surface area contributed by atoms with E-state index >= 15 is 0 Å². The van der Waals surface area contributed by atoms with E-state index in [1.165, 1.54) is 0 Å². The third kappa shape index (κ3) is 1.69. The average Bonchev–Trinajstić information content (AvgIpc) is 2.17. The highest BCUT2D eigenvalue weighted by atomic mass is 19.3. The molecule has 0 saturated heterocycles. The van der Waals surface area contributed by atoms with E-state index in [1.54, 1.807) is 0 Å². The van der Waals surface area contributed by atoms with Gasteiger partial charge < -0.3 is 11.5 Å². The number of hydrogen-bond donors (Lipinski definition) is 2. The Labute approximate surface area is 78.9 Å². The van der Waals surface area contributed by atoms with Crippen LogP contribution in [0.3, 0.4) is 0 Å². The molecule has 6 heteroatoms. The SMILES string of the molecule is NCc1cnc(C(F)F)c(C=O)c1N. The van der Waals surface area contributed by atoms with Crippen LogP contribution >= 0.6 is 0 Å². The van der Waals surface area contributed by atoms with E-state index in [-0.39, 0.29) is 24.1 Å². The van der Waals surface area contributed by atoms with Gasteiger partial charge >= 0.3 is 0 Å². The molecule has 0 aliphatic carbocycles. The van der Waals surface area contributed by atoms with Crippen molar-refractivity contribution < 1.29 is 13.6 Å². The molecule has 1 rings (SSSR count). The number of nitrogen functional groups attached to an aromatic ring is 1. The zero-order valence-corrected chi connectivity index (χ0v) is 7.21. The lowest BCUT2D eigenvalue weighted by atomic mass is 10.1. The summed E-state index contributed by atoms with van der Waals surface area (Å²) in [6, 6.07) is 0. The molecule has 0 radical (unpaired) electrons. The Hall–Kier alpha value is -1.56. The zero-order valence-electron chi connectivity index (χ0n) is 7.21. The van der Waals surface area contributed by atoms with Crippen LogP contribution < -0.4 is 11.5 Å². The van der Waals surface area contributed by atoms with Gasteiger partial charge in [-0.2, -0.15) is 0 Å². The molecule has 1 aromatic heterocycles. The van der Waals surface area contributed by atoms with Crippen molar-refractivity contribution in [1.82, 2.24) is 4.98 Å². The van der Waals surface area contributed by atoms with Crippen molar-refractivity contribution >= 4 is 12.0 Å². The average molecular weight is 201 g/mol. The minimum Gasteiger partial charge on any atom is -0.398 e. The number of rotatable bonds is 3. The molecule has 0 spiro atoms. The number of carbonyl (C=O) groups excluding carboxylic acids is 1. The smallest absolute Gasteiger partial charge is 0.281 e. The first-order valence-electron chi connectivity index (χ1n) is 3.82. The second-order valence-corrected chi connectivity index (χ2v) is 2.62. The number of anilines is 1. The summed E-state index contributed by atoms with van der Waals surface area (Å²) in [6.45, 7) is 0.0587. The molecule has 4 nitrogen and oxygen atoms in total. The van der Waals surface area contributed by atoms with E-state index < -0.39 is 12.1 Å². The normalized spacial score (nSPS) is 10.6. The number of nitrogens with two attached hydrogens (primary N) is 2. The second kappa shape index (κ2) is 4.10. The summed E-state index contributed by atoms with van der Waals surface area (Å²) in [5.41, 5.74) is 10.2. The van der Waals surface area contributed by atoms with Gasteiger partial charge in [0.25, 0.3) is 6.43 Å². The number of alkyl halides is 2. The van der Waals surface area contributed by atoms with Crippen LogP contribution in [0.1, 0.15) is 28.0 Å². The van der Waals surface area contributed by atoms with Gasteiger partial charge in [-0.05, 0) is 0 Å². The lowest BCUT2D eigenvalue weighted by Gasteiger charge is -2.08. The number of hydrogen-bond acceptors (Lipinski definition) is 4. The lowest BCUT2D eigenvalue weighted by Crippen LogP contribution is -2.09. The minimum atomic E-state index is -2.82. The zero-order chi connectivity index (χ0) is 10.7. The van der Waals surface area contributed by atoms with Crippen LogP contribution in [0.25, 0.3) is 0 Å². The minimum absolute atomic E-state index is 0.0206. The number of nitrogens with zero attached hydrogens (tertiary/aromatic N) is 1. The van der Waals surface area contributed by atoms with Gasteiger partial charge in [0.2, 0.25) is 0 Å². The van der Waals surface area contributed by atoms with Gasteiger partial charge in [0.05, 0.1) is 11.3 Å². The van der Waals surface area contributed by atoms with Crippen LogP contribution in [-0.2, 0) is 6.54 Å². The molecule has 0 fully saturated rings. The fourth-order valence-electron chi connectivity index (χ4n) is 1.06. The highest BCUT2D eigenvalue weighted by Gasteiger charge is 2.18. The van der Waals surface area contributed by atoms with E-state index in [9.17, 15) is 13.6 Å². The largest absolute Gasteiger partial charge is 0.398 e. The summed E-state index contributed by atoms with van der Waals surface area (Å²) >= 11 is 0. The van der Waals surface area contributed by atoms with Crippen LogP contribution in [0.15, 0.2) is 6.20 Å². The van der Waals surface area contributed by atoms with Crippen LogP contribution in [0.4, 0.5) is 14.5 Å². The fraction of sp³-hybridized carbons (Fsp3) is 0.250. The Morgan fingerprint density at radius 3 is 2.64 bits per heavy atom. The summed E-state index contributed by atoms with van der Waals surface area (Å²) < 4.78 is 24.6. The molecule has 0 aliphatic rings. The summed E-state index contributed by atoms with van der Waals surface area (Å²) in [5.74, 6) is 0. The van der Waals surface area contributed by atoms with Gasteiger partial charge in [0.15, 0.2) is 6.29 Å². The quantitative estimate of drug-likeness (QED) is 0.711. The molecule has 0 aromatic carbocycles. The maximum absolute atomic E-state index is 12.3. The number of aldehydes is 1. The third-order valence-electron chi connectivity index (χ3n) is 1.82. The predicted octanol–water partition coefficient (Wildman–Crippen LogP) is 0.873.